The lowest BCUT2D eigenvalue weighted by molar-refractivity contribution is -0.157. The zero-order valence-electron chi connectivity index (χ0n) is 17.4. The lowest BCUT2D eigenvalue weighted by Gasteiger charge is -2.32. The van der Waals surface area contributed by atoms with Gasteiger partial charge in [-0.3, -0.25) is 24.8 Å². The number of carbonyl (C=O) groups is 2. The molecule has 2 heterocycles. The van der Waals surface area contributed by atoms with Gasteiger partial charge in [0.25, 0.3) is 0 Å². The Morgan fingerprint density at radius 1 is 1.06 bits per heavy atom. The third kappa shape index (κ3) is 5.04. The third-order valence-corrected chi connectivity index (χ3v) is 5.35. The molecule has 6 nitrogen and oxygen atoms in total. The van der Waals surface area contributed by atoms with E-state index >= 15 is 0 Å². The molecule has 0 saturated heterocycles. The summed E-state index contributed by atoms with van der Waals surface area (Å²) in [6.45, 7) is -0.398. The Morgan fingerprint density at radius 3 is 2.45 bits per heavy atom. The van der Waals surface area contributed by atoms with E-state index in [0.29, 0.717) is 10.6 Å². The topological polar surface area (TPSA) is 74.3 Å². The number of carbonyl (C=O) groups excluding carboxylic acids is 2. The van der Waals surface area contributed by atoms with Gasteiger partial charge in [0.05, 0.1) is 36.1 Å². The minimum Gasteiger partial charge on any atom is -0.324 e. The number of anilines is 2. The molecule has 0 fully saturated rings. The van der Waals surface area contributed by atoms with Gasteiger partial charge in [0.1, 0.15) is 6.04 Å². The van der Waals surface area contributed by atoms with Crippen LogP contribution in [0.5, 0.6) is 0 Å². The third-order valence-electron chi connectivity index (χ3n) is 5.35. The van der Waals surface area contributed by atoms with E-state index < -0.39 is 43.0 Å². The number of hydrogen-bond donors (Lipinski definition) is 2. The van der Waals surface area contributed by atoms with Crippen LogP contribution < -0.4 is 15.5 Å². The maximum absolute atomic E-state index is 13.9. The number of nitrogens with zero attached hydrogens (tertiary/aromatic N) is 2. The molecule has 2 amide bonds. The molecular formula is C24H21F3N4O2. The fourth-order valence-electron chi connectivity index (χ4n) is 3.86. The van der Waals surface area contributed by atoms with Crippen molar-refractivity contribution in [1.82, 2.24) is 10.3 Å². The summed E-state index contributed by atoms with van der Waals surface area (Å²) in [6.07, 6.45) is -4.06. The highest BCUT2D eigenvalue weighted by molar-refractivity contribution is 6.05. The van der Waals surface area contributed by atoms with Gasteiger partial charge < -0.3 is 5.32 Å². The second-order valence-corrected chi connectivity index (χ2v) is 7.57. The molecule has 0 aliphatic carbocycles. The second kappa shape index (κ2) is 9.41. The fourth-order valence-corrected chi connectivity index (χ4v) is 3.86. The highest BCUT2D eigenvalue weighted by Crippen LogP contribution is 2.37. The molecule has 3 aromatic rings. The molecule has 9 heteroatoms. The van der Waals surface area contributed by atoms with Crippen LogP contribution in [0.1, 0.15) is 23.7 Å². The van der Waals surface area contributed by atoms with Crippen LogP contribution in [0.15, 0.2) is 79.0 Å². The molecule has 2 atom stereocenters. The van der Waals surface area contributed by atoms with Crippen LogP contribution in [0.25, 0.3) is 0 Å². The first-order chi connectivity index (χ1) is 15.8. The van der Waals surface area contributed by atoms with E-state index in [4.69, 9.17) is 0 Å². The Bertz CT molecular complexity index is 1080. The number of halogens is 3. The van der Waals surface area contributed by atoms with E-state index in [9.17, 15) is 22.8 Å². The summed E-state index contributed by atoms with van der Waals surface area (Å²) in [5, 5.41) is 5.52. The van der Waals surface area contributed by atoms with Crippen LogP contribution in [0, 0.1) is 0 Å². The van der Waals surface area contributed by atoms with Crippen LogP contribution in [-0.4, -0.2) is 35.6 Å². The van der Waals surface area contributed by atoms with Crippen molar-refractivity contribution in [1.29, 1.82) is 0 Å². The number of alkyl halides is 3. The number of pyridine rings is 1. The minimum atomic E-state index is -4.79. The van der Waals surface area contributed by atoms with E-state index in [-0.39, 0.29) is 11.4 Å². The summed E-state index contributed by atoms with van der Waals surface area (Å²) in [6, 6.07) is 17.7. The molecule has 2 aromatic carbocycles. The van der Waals surface area contributed by atoms with Crippen molar-refractivity contribution in [3.8, 4) is 0 Å². The Morgan fingerprint density at radius 2 is 1.76 bits per heavy atom. The normalized spacial score (nSPS) is 17.0. The summed E-state index contributed by atoms with van der Waals surface area (Å²) < 4.78 is 41.8. The first kappa shape index (κ1) is 22.5. The molecule has 170 valence electrons. The molecular weight excluding hydrogens is 433 g/mol. The van der Waals surface area contributed by atoms with Crippen molar-refractivity contribution in [3.63, 3.8) is 0 Å². The summed E-state index contributed by atoms with van der Waals surface area (Å²) >= 11 is 0. The lowest BCUT2D eigenvalue weighted by Crippen LogP contribution is -2.52. The molecule has 33 heavy (non-hydrogen) atoms. The number of benzene rings is 2. The smallest absolute Gasteiger partial charge is 0.324 e. The van der Waals surface area contributed by atoms with E-state index in [0.717, 1.165) is 5.56 Å². The molecule has 0 saturated carbocycles. The van der Waals surface area contributed by atoms with Crippen molar-refractivity contribution < 1.29 is 22.8 Å². The summed E-state index contributed by atoms with van der Waals surface area (Å²) in [5.41, 5.74) is 1.60. The molecule has 0 unspecified atom stereocenters. The monoisotopic (exact) mass is 454 g/mol. The standard InChI is InChI=1S/C24H21F3N4O2/c25-24(26,27)20-14-21(32)30-17-10-4-5-12-19(17)31(20)22(33)15-29-23(16-8-2-1-3-9-16)18-11-6-7-13-28-18/h1-13,20,23,29H,14-15H2,(H,30,32)/t20-,23+/m1/s1. The van der Waals surface area contributed by atoms with E-state index in [1.165, 1.54) is 18.2 Å². The van der Waals surface area contributed by atoms with E-state index in [1.54, 1.807) is 30.5 Å². The molecule has 2 N–H and O–H groups in total. The largest absolute Gasteiger partial charge is 0.409 e. The van der Waals surface area contributed by atoms with Crippen molar-refractivity contribution >= 4 is 23.2 Å². The van der Waals surface area contributed by atoms with E-state index in [2.05, 4.69) is 15.6 Å². The van der Waals surface area contributed by atoms with Crippen LogP contribution in [0.2, 0.25) is 0 Å². The molecule has 0 bridgehead atoms. The maximum Gasteiger partial charge on any atom is 0.409 e. The van der Waals surface area contributed by atoms with Crippen LogP contribution in [0.3, 0.4) is 0 Å². The number of amides is 2. The zero-order valence-corrected chi connectivity index (χ0v) is 17.4. The van der Waals surface area contributed by atoms with Gasteiger partial charge in [0.2, 0.25) is 11.8 Å². The predicted octanol–water partition coefficient (Wildman–Crippen LogP) is 4.07. The number of aromatic nitrogens is 1. The van der Waals surface area contributed by atoms with Crippen LogP contribution in [0.4, 0.5) is 24.5 Å². The number of nitrogens with one attached hydrogen (secondary N) is 2. The molecule has 4 rings (SSSR count). The maximum atomic E-state index is 13.9. The molecule has 0 radical (unpaired) electrons. The predicted molar refractivity (Wildman–Crippen MR) is 118 cm³/mol. The number of hydrogen-bond acceptors (Lipinski definition) is 4. The van der Waals surface area contributed by atoms with Crippen molar-refractivity contribution in [2.75, 3.05) is 16.8 Å². The first-order valence-corrected chi connectivity index (χ1v) is 10.3. The fraction of sp³-hybridized carbons (Fsp3) is 0.208. The van der Waals surface area contributed by atoms with Gasteiger partial charge in [0.15, 0.2) is 0 Å². The van der Waals surface area contributed by atoms with Gasteiger partial charge in [0, 0.05) is 6.20 Å². The average Bonchev–Trinajstić information content (AvgIpc) is 2.96. The molecule has 1 aromatic heterocycles. The van der Waals surface area contributed by atoms with Gasteiger partial charge >= 0.3 is 6.18 Å². The van der Waals surface area contributed by atoms with Gasteiger partial charge in [-0.25, -0.2) is 0 Å². The Kier molecular flexibility index (Phi) is 6.41. The summed E-state index contributed by atoms with van der Waals surface area (Å²) in [4.78, 5) is 30.4. The lowest BCUT2D eigenvalue weighted by atomic mass is 10.0. The average molecular weight is 454 g/mol. The Balaban J connectivity index is 1.65. The quantitative estimate of drug-likeness (QED) is 0.610. The van der Waals surface area contributed by atoms with Gasteiger partial charge in [-0.05, 0) is 29.8 Å². The Hall–Kier alpha value is -3.72. The first-order valence-electron chi connectivity index (χ1n) is 10.3. The molecule has 1 aliphatic rings. The van der Waals surface area contributed by atoms with Gasteiger partial charge in [-0.15, -0.1) is 0 Å². The van der Waals surface area contributed by atoms with Gasteiger partial charge in [-0.2, -0.15) is 13.2 Å². The molecule has 1 aliphatic heterocycles. The number of rotatable bonds is 5. The van der Waals surface area contributed by atoms with Crippen LogP contribution in [-0.2, 0) is 9.59 Å². The highest BCUT2D eigenvalue weighted by atomic mass is 19.4. The number of para-hydroxylation sites is 2. The highest BCUT2D eigenvalue weighted by Gasteiger charge is 2.48. The minimum absolute atomic E-state index is 0.00609. The SMILES string of the molecule is O=C1C[C@H](C(F)(F)F)N(C(=O)CN[C@@H](c2ccccc2)c2ccccn2)c2ccccc2N1. The van der Waals surface area contributed by atoms with Gasteiger partial charge in [-0.1, -0.05) is 48.5 Å². The second-order valence-electron chi connectivity index (χ2n) is 7.57. The van der Waals surface area contributed by atoms with E-state index in [1.807, 2.05) is 30.3 Å². The summed E-state index contributed by atoms with van der Waals surface area (Å²) in [5.74, 6) is -1.61. The van der Waals surface area contributed by atoms with Crippen molar-refractivity contribution in [3.05, 3.63) is 90.3 Å². The summed E-state index contributed by atoms with van der Waals surface area (Å²) in [7, 11) is 0. The molecule has 0 spiro atoms. The van der Waals surface area contributed by atoms with Crippen molar-refractivity contribution in [2.24, 2.45) is 0 Å². The Labute approximate surface area is 188 Å². The van der Waals surface area contributed by atoms with Crippen LogP contribution >= 0.6 is 0 Å². The van der Waals surface area contributed by atoms with Crippen molar-refractivity contribution in [2.45, 2.75) is 24.7 Å². The zero-order chi connectivity index (χ0) is 23.4. The number of fused-ring (bicyclic) bond motifs is 1.